The Balaban J connectivity index is 1.49. The van der Waals surface area contributed by atoms with Crippen LogP contribution in [-0.2, 0) is 4.79 Å². The van der Waals surface area contributed by atoms with Gasteiger partial charge in [-0.15, -0.1) is 11.3 Å². The van der Waals surface area contributed by atoms with E-state index in [-0.39, 0.29) is 30.8 Å². The molecule has 9 nitrogen and oxygen atoms in total. The molecule has 0 radical (unpaired) electrons. The number of carbonyl (C=O) groups excluding carboxylic acids is 1. The number of thiazole rings is 1. The van der Waals surface area contributed by atoms with Crippen molar-refractivity contribution in [2.24, 2.45) is 0 Å². The van der Waals surface area contributed by atoms with Gasteiger partial charge in [-0.3, -0.25) is 4.79 Å². The first-order chi connectivity index (χ1) is 16.7. The first kappa shape index (κ1) is 24.5. The van der Waals surface area contributed by atoms with Gasteiger partial charge in [-0.1, -0.05) is 0 Å². The van der Waals surface area contributed by atoms with Crippen molar-refractivity contribution in [3.8, 4) is 23.2 Å². The third kappa shape index (κ3) is 5.55. The Morgan fingerprint density at radius 2 is 2.17 bits per heavy atom. The van der Waals surface area contributed by atoms with E-state index < -0.39 is 24.3 Å². The van der Waals surface area contributed by atoms with Crippen LogP contribution in [0.15, 0.2) is 30.5 Å². The average molecular weight is 497 g/mol. The number of aliphatic hydroxyl groups is 1. The van der Waals surface area contributed by atoms with Crippen molar-refractivity contribution in [3.05, 3.63) is 46.7 Å². The van der Waals surface area contributed by atoms with Crippen molar-refractivity contribution in [2.75, 3.05) is 18.4 Å². The van der Waals surface area contributed by atoms with Crippen LogP contribution in [0.5, 0.6) is 5.75 Å². The van der Waals surface area contributed by atoms with E-state index in [0.717, 1.165) is 15.7 Å². The molecule has 3 atom stereocenters. The molecule has 4 rings (SSSR count). The molecule has 2 aromatic heterocycles. The SMILES string of the molecule is Cc1nc(C)c(Nc2ccnc(-c3ccc(O[C@H]4CCN(C(=O)[C@H](C)O)C[C@H]4F)c(C#N)c3)n2)s1. The minimum atomic E-state index is -1.44. The Labute approximate surface area is 206 Å². The molecule has 1 aliphatic heterocycles. The van der Waals surface area contributed by atoms with E-state index in [1.807, 2.05) is 13.8 Å². The minimum absolute atomic E-state index is 0.166. The highest BCUT2D eigenvalue weighted by Gasteiger charge is 2.34. The van der Waals surface area contributed by atoms with Crippen molar-refractivity contribution in [1.82, 2.24) is 19.9 Å². The lowest BCUT2D eigenvalue weighted by Gasteiger charge is -2.35. The van der Waals surface area contributed by atoms with Gasteiger partial charge in [-0.2, -0.15) is 5.26 Å². The van der Waals surface area contributed by atoms with Crippen molar-refractivity contribution in [1.29, 1.82) is 5.26 Å². The highest BCUT2D eigenvalue weighted by Crippen LogP contribution is 2.30. The number of likely N-dealkylation sites (tertiary alicyclic amines) is 1. The maximum Gasteiger partial charge on any atom is 0.251 e. The van der Waals surface area contributed by atoms with E-state index in [1.165, 1.54) is 23.2 Å². The van der Waals surface area contributed by atoms with E-state index in [0.29, 0.717) is 17.2 Å². The second-order valence-corrected chi connectivity index (χ2v) is 9.49. The van der Waals surface area contributed by atoms with Crippen LogP contribution in [-0.4, -0.2) is 62.3 Å². The normalized spacial score (nSPS) is 18.6. The molecule has 3 aromatic rings. The van der Waals surface area contributed by atoms with Crippen LogP contribution in [0.2, 0.25) is 0 Å². The molecule has 3 heterocycles. The number of hydrogen-bond donors (Lipinski definition) is 2. The molecule has 11 heteroatoms. The highest BCUT2D eigenvalue weighted by molar-refractivity contribution is 7.15. The van der Waals surface area contributed by atoms with Gasteiger partial charge in [0.05, 0.1) is 22.8 Å². The lowest BCUT2D eigenvalue weighted by Crippen LogP contribution is -2.51. The van der Waals surface area contributed by atoms with Gasteiger partial charge in [0.25, 0.3) is 5.91 Å². The summed E-state index contributed by atoms with van der Waals surface area (Å²) in [6.45, 7) is 5.31. The summed E-state index contributed by atoms with van der Waals surface area (Å²) < 4.78 is 20.6. The van der Waals surface area contributed by atoms with Crippen LogP contribution in [0.1, 0.15) is 29.6 Å². The Hall–Kier alpha value is -3.62. The Kier molecular flexibility index (Phi) is 7.23. The number of hydrogen-bond acceptors (Lipinski definition) is 9. The molecule has 0 saturated carbocycles. The van der Waals surface area contributed by atoms with Gasteiger partial charge >= 0.3 is 0 Å². The smallest absolute Gasteiger partial charge is 0.251 e. The van der Waals surface area contributed by atoms with E-state index in [2.05, 4.69) is 26.3 Å². The number of rotatable bonds is 6. The number of nitriles is 1. The second-order valence-electron chi connectivity index (χ2n) is 8.28. The molecular formula is C24H25FN6O3S. The number of aryl methyl sites for hydroxylation is 2. The molecule has 35 heavy (non-hydrogen) atoms. The number of amides is 1. The van der Waals surface area contributed by atoms with Crippen LogP contribution in [0.4, 0.5) is 15.2 Å². The third-order valence-corrected chi connectivity index (χ3v) is 6.58. The number of anilines is 2. The topological polar surface area (TPSA) is 124 Å². The number of nitrogens with one attached hydrogen (secondary N) is 1. The first-order valence-electron chi connectivity index (χ1n) is 11.1. The molecule has 1 fully saturated rings. The standard InChI is InChI=1S/C24H25FN6O3S/c1-13-23(35-15(3)28-13)30-21-6-8-27-22(29-21)16-4-5-19(17(10-16)11-26)34-20-7-9-31(12-18(20)25)24(33)14(2)32/h4-6,8,10,14,18,20,32H,7,9,12H2,1-3H3,(H,27,29,30)/t14-,18+,20-/m0/s1. The minimum Gasteiger partial charge on any atom is -0.486 e. The summed E-state index contributed by atoms with van der Waals surface area (Å²) in [7, 11) is 0. The average Bonchev–Trinajstić information content (AvgIpc) is 3.16. The number of benzene rings is 1. The molecule has 0 unspecified atom stereocenters. The summed E-state index contributed by atoms with van der Waals surface area (Å²) in [5.41, 5.74) is 1.73. The maximum absolute atomic E-state index is 14.7. The summed E-state index contributed by atoms with van der Waals surface area (Å²) in [6.07, 6.45) is -1.55. The zero-order chi connectivity index (χ0) is 25.1. The van der Waals surface area contributed by atoms with Gasteiger partial charge in [0.1, 0.15) is 34.8 Å². The van der Waals surface area contributed by atoms with Gasteiger partial charge in [-0.05, 0) is 45.0 Å². The summed E-state index contributed by atoms with van der Waals surface area (Å²) in [6, 6.07) is 8.77. The van der Waals surface area contributed by atoms with Crippen molar-refractivity contribution < 1.29 is 19.0 Å². The van der Waals surface area contributed by atoms with Gasteiger partial charge in [0, 0.05) is 24.7 Å². The number of halogens is 1. The van der Waals surface area contributed by atoms with Gasteiger partial charge in [0.15, 0.2) is 12.0 Å². The Morgan fingerprint density at radius 1 is 1.37 bits per heavy atom. The number of aromatic nitrogens is 3. The number of nitrogens with zero attached hydrogens (tertiary/aromatic N) is 5. The Bertz CT molecular complexity index is 1270. The molecule has 2 N–H and O–H groups in total. The Morgan fingerprint density at radius 3 is 2.83 bits per heavy atom. The van der Waals surface area contributed by atoms with Crippen molar-refractivity contribution in [3.63, 3.8) is 0 Å². The number of piperidine rings is 1. The first-order valence-corrected chi connectivity index (χ1v) is 11.9. The molecule has 0 spiro atoms. The zero-order valence-electron chi connectivity index (χ0n) is 19.5. The van der Waals surface area contributed by atoms with E-state index in [9.17, 15) is 19.6 Å². The summed E-state index contributed by atoms with van der Waals surface area (Å²) in [5.74, 6) is 0.763. The number of carbonyl (C=O) groups is 1. The molecule has 1 aliphatic rings. The van der Waals surface area contributed by atoms with Crippen LogP contribution in [0, 0.1) is 25.2 Å². The van der Waals surface area contributed by atoms with Gasteiger partial charge < -0.3 is 20.1 Å². The summed E-state index contributed by atoms with van der Waals surface area (Å²) >= 11 is 1.53. The number of alkyl halides is 1. The molecule has 1 amide bonds. The predicted molar refractivity (Wildman–Crippen MR) is 129 cm³/mol. The molecule has 0 aliphatic carbocycles. The number of ether oxygens (including phenoxy) is 1. The second kappa shape index (κ2) is 10.3. The van der Waals surface area contributed by atoms with Gasteiger partial charge in [0.2, 0.25) is 0 Å². The molecule has 0 bridgehead atoms. The molecule has 182 valence electrons. The van der Waals surface area contributed by atoms with Crippen LogP contribution in [0.25, 0.3) is 11.4 Å². The van der Waals surface area contributed by atoms with Gasteiger partial charge in [-0.25, -0.2) is 19.3 Å². The van der Waals surface area contributed by atoms with E-state index in [4.69, 9.17) is 4.74 Å². The van der Waals surface area contributed by atoms with E-state index in [1.54, 1.807) is 30.5 Å². The lowest BCUT2D eigenvalue weighted by atomic mass is 10.0. The van der Waals surface area contributed by atoms with E-state index >= 15 is 0 Å². The maximum atomic E-state index is 14.7. The zero-order valence-corrected chi connectivity index (χ0v) is 20.3. The van der Waals surface area contributed by atoms with Crippen molar-refractivity contribution in [2.45, 2.75) is 45.6 Å². The number of aliphatic hydroxyl groups excluding tert-OH is 1. The van der Waals surface area contributed by atoms with Crippen LogP contribution >= 0.6 is 11.3 Å². The molecule has 1 saturated heterocycles. The van der Waals surface area contributed by atoms with Crippen LogP contribution in [0.3, 0.4) is 0 Å². The predicted octanol–water partition coefficient (Wildman–Crippen LogP) is 3.53. The fourth-order valence-electron chi connectivity index (χ4n) is 3.83. The highest BCUT2D eigenvalue weighted by atomic mass is 32.1. The quantitative estimate of drug-likeness (QED) is 0.531. The summed E-state index contributed by atoms with van der Waals surface area (Å²) in [4.78, 5) is 26.5. The monoisotopic (exact) mass is 496 g/mol. The molecular weight excluding hydrogens is 471 g/mol. The summed E-state index contributed by atoms with van der Waals surface area (Å²) in [5, 5.41) is 24.2. The van der Waals surface area contributed by atoms with Crippen LogP contribution < -0.4 is 10.1 Å². The third-order valence-electron chi connectivity index (χ3n) is 5.59. The fourth-order valence-corrected chi connectivity index (χ4v) is 4.66. The largest absolute Gasteiger partial charge is 0.486 e. The fraction of sp³-hybridized carbons (Fsp3) is 0.375. The van der Waals surface area contributed by atoms with Crippen molar-refractivity contribution >= 4 is 28.1 Å². The molecule has 1 aromatic carbocycles. The lowest BCUT2D eigenvalue weighted by molar-refractivity contribution is -0.143.